The summed E-state index contributed by atoms with van der Waals surface area (Å²) in [6, 6.07) is 12.3. The van der Waals surface area contributed by atoms with E-state index in [1.165, 1.54) is 28.5 Å². The lowest BCUT2D eigenvalue weighted by atomic mass is 10.1. The fourth-order valence-electron chi connectivity index (χ4n) is 2.90. The van der Waals surface area contributed by atoms with Crippen LogP contribution in [0.15, 0.2) is 69.2 Å². The molecule has 10 nitrogen and oxygen atoms in total. The van der Waals surface area contributed by atoms with Crippen LogP contribution in [0.3, 0.4) is 0 Å². The van der Waals surface area contributed by atoms with E-state index in [1.807, 2.05) is 0 Å². The molecule has 2 heterocycles. The van der Waals surface area contributed by atoms with Crippen LogP contribution >= 0.6 is 11.3 Å². The number of azo groups is 1. The Bertz CT molecular complexity index is 1220. The molecule has 1 aliphatic rings. The molecule has 3 aromatic rings. The Morgan fingerprint density at radius 3 is 2.81 bits per heavy atom. The van der Waals surface area contributed by atoms with Gasteiger partial charge in [-0.05, 0) is 19.1 Å². The maximum atomic E-state index is 12.9. The summed E-state index contributed by atoms with van der Waals surface area (Å²) in [4.78, 5) is 27.8. The summed E-state index contributed by atoms with van der Waals surface area (Å²) in [6.45, 7) is 1.70. The number of carbonyl (C=O) groups is 1. The third-order valence-corrected chi connectivity index (χ3v) is 5.28. The third kappa shape index (κ3) is 4.16. The van der Waals surface area contributed by atoms with Gasteiger partial charge in [-0.25, -0.2) is 4.98 Å². The van der Waals surface area contributed by atoms with Gasteiger partial charge in [0.05, 0.1) is 29.1 Å². The highest BCUT2D eigenvalue weighted by Gasteiger charge is 2.36. The lowest BCUT2D eigenvalue weighted by Crippen LogP contribution is -2.29. The molecule has 1 aliphatic heterocycles. The lowest BCUT2D eigenvalue weighted by molar-refractivity contribution is -0.384. The molecule has 0 N–H and O–H groups in total. The van der Waals surface area contributed by atoms with Gasteiger partial charge in [-0.3, -0.25) is 14.9 Å². The first-order valence-electron chi connectivity index (χ1n) is 9.10. The molecule has 1 atom stereocenters. The highest BCUT2D eigenvalue weighted by Crippen LogP contribution is 2.32. The zero-order valence-corrected chi connectivity index (χ0v) is 17.3. The van der Waals surface area contributed by atoms with Crippen LogP contribution in [0, 0.1) is 10.1 Å². The molecule has 11 heteroatoms. The number of benzene rings is 2. The van der Waals surface area contributed by atoms with Crippen molar-refractivity contribution >= 4 is 39.5 Å². The summed E-state index contributed by atoms with van der Waals surface area (Å²) >= 11 is 1.21. The third-order valence-electron chi connectivity index (χ3n) is 4.46. The molecule has 156 valence electrons. The van der Waals surface area contributed by atoms with Crippen LogP contribution in [0.2, 0.25) is 0 Å². The first-order chi connectivity index (χ1) is 15.0. The van der Waals surface area contributed by atoms with Gasteiger partial charge in [0.15, 0.2) is 6.04 Å². The van der Waals surface area contributed by atoms with E-state index in [0.717, 1.165) is 0 Å². The lowest BCUT2D eigenvalue weighted by Gasteiger charge is -2.08. The van der Waals surface area contributed by atoms with E-state index in [1.54, 1.807) is 55.8 Å². The molecule has 1 aromatic heterocycles. The maximum Gasteiger partial charge on any atom is 0.282 e. The number of rotatable bonds is 6. The number of amides is 1. The van der Waals surface area contributed by atoms with Gasteiger partial charge in [-0.2, -0.15) is 20.3 Å². The Morgan fingerprint density at radius 2 is 2.03 bits per heavy atom. The number of aromatic nitrogens is 1. The van der Waals surface area contributed by atoms with Crippen molar-refractivity contribution in [3.05, 3.63) is 64.0 Å². The number of non-ortho nitro benzene ring substituents is 1. The largest absolute Gasteiger partial charge is 0.497 e. The van der Waals surface area contributed by atoms with Crippen molar-refractivity contribution < 1.29 is 14.5 Å². The van der Waals surface area contributed by atoms with Crippen molar-refractivity contribution in [2.75, 3.05) is 12.1 Å². The van der Waals surface area contributed by atoms with E-state index in [9.17, 15) is 14.9 Å². The number of anilines is 1. The van der Waals surface area contributed by atoms with Crippen LogP contribution in [-0.2, 0) is 4.79 Å². The molecule has 0 spiro atoms. The number of nitro benzene ring substituents is 1. The van der Waals surface area contributed by atoms with Crippen LogP contribution in [0.25, 0.3) is 11.3 Å². The van der Waals surface area contributed by atoms with Gasteiger partial charge in [0.25, 0.3) is 11.6 Å². The summed E-state index contributed by atoms with van der Waals surface area (Å²) in [5.41, 5.74) is 2.12. The molecule has 2 aromatic carbocycles. The standard InChI is InChI=1S/C20H16N6O4S/c1-12-18(23-22-14-6-4-8-16(10-14)30-2)19(27)25(24-12)20-21-17(11-31-20)13-5-3-7-15(9-13)26(28)29/h3-11,18H,1-2H3/t18-/m0/s1. The van der Waals surface area contributed by atoms with E-state index < -0.39 is 11.0 Å². The van der Waals surface area contributed by atoms with E-state index in [2.05, 4.69) is 20.3 Å². The highest BCUT2D eigenvalue weighted by atomic mass is 32.1. The topological polar surface area (TPSA) is 123 Å². The molecule has 0 bridgehead atoms. The van der Waals surface area contributed by atoms with E-state index >= 15 is 0 Å². The van der Waals surface area contributed by atoms with Crippen molar-refractivity contribution in [1.29, 1.82) is 0 Å². The number of carbonyl (C=O) groups excluding carboxylic acids is 1. The fraction of sp³-hybridized carbons (Fsp3) is 0.150. The predicted molar refractivity (Wildman–Crippen MR) is 116 cm³/mol. The second-order valence-electron chi connectivity index (χ2n) is 6.53. The molecular formula is C20H16N6O4S. The normalized spacial score (nSPS) is 16.1. The molecule has 0 saturated carbocycles. The first kappa shape index (κ1) is 20.3. The molecule has 0 unspecified atom stereocenters. The molecule has 4 rings (SSSR count). The van der Waals surface area contributed by atoms with Crippen LogP contribution in [0.4, 0.5) is 16.5 Å². The summed E-state index contributed by atoms with van der Waals surface area (Å²) in [6.07, 6.45) is 0. The molecule has 0 aliphatic carbocycles. The monoisotopic (exact) mass is 436 g/mol. The van der Waals surface area contributed by atoms with Crippen molar-refractivity contribution in [3.8, 4) is 17.0 Å². The van der Waals surface area contributed by atoms with Gasteiger partial charge in [0.2, 0.25) is 5.13 Å². The van der Waals surface area contributed by atoms with Crippen LogP contribution in [0.1, 0.15) is 6.92 Å². The maximum absolute atomic E-state index is 12.9. The molecule has 0 saturated heterocycles. The number of hydrogen-bond donors (Lipinski definition) is 0. The van der Waals surface area contributed by atoms with Crippen LogP contribution < -0.4 is 9.75 Å². The number of hydrogen-bond acceptors (Lipinski definition) is 9. The van der Waals surface area contributed by atoms with Crippen LogP contribution in [-0.4, -0.2) is 34.7 Å². The quantitative estimate of drug-likeness (QED) is 0.317. The number of thiazole rings is 1. The molecule has 0 fully saturated rings. The number of nitrogens with zero attached hydrogens (tertiary/aromatic N) is 6. The molecular weight excluding hydrogens is 420 g/mol. The Balaban J connectivity index is 1.54. The zero-order chi connectivity index (χ0) is 22.0. The van der Waals surface area contributed by atoms with E-state index in [4.69, 9.17) is 4.74 Å². The summed E-state index contributed by atoms with van der Waals surface area (Å²) < 4.78 is 5.16. The fourth-order valence-corrected chi connectivity index (χ4v) is 3.68. The Hall–Kier alpha value is -3.99. The van der Waals surface area contributed by atoms with Gasteiger partial charge < -0.3 is 4.74 Å². The minimum absolute atomic E-state index is 0.0313. The zero-order valence-electron chi connectivity index (χ0n) is 16.5. The Morgan fingerprint density at radius 1 is 1.23 bits per heavy atom. The SMILES string of the molecule is COc1cccc(N=N[C@@H]2C(=O)N(c3nc(-c4cccc([N+](=O)[O-])c4)cs3)N=C2C)c1. The average molecular weight is 436 g/mol. The van der Waals surface area contributed by atoms with E-state index in [0.29, 0.717) is 33.5 Å². The van der Waals surface area contributed by atoms with Crippen molar-refractivity contribution in [1.82, 2.24) is 4.98 Å². The van der Waals surface area contributed by atoms with Gasteiger partial charge in [-0.1, -0.05) is 18.2 Å². The van der Waals surface area contributed by atoms with Gasteiger partial charge in [-0.15, -0.1) is 11.3 Å². The molecule has 0 radical (unpaired) electrons. The summed E-state index contributed by atoms with van der Waals surface area (Å²) in [5, 5.41) is 26.8. The Labute approximate surface area is 180 Å². The van der Waals surface area contributed by atoms with Crippen molar-refractivity contribution in [2.24, 2.45) is 15.3 Å². The smallest absolute Gasteiger partial charge is 0.282 e. The number of nitro groups is 1. The second-order valence-corrected chi connectivity index (χ2v) is 7.37. The van der Waals surface area contributed by atoms with Gasteiger partial charge in [0.1, 0.15) is 5.75 Å². The number of ether oxygens (including phenoxy) is 1. The van der Waals surface area contributed by atoms with Crippen LogP contribution in [0.5, 0.6) is 5.75 Å². The molecule has 1 amide bonds. The summed E-state index contributed by atoms with van der Waals surface area (Å²) in [5.74, 6) is 0.266. The average Bonchev–Trinajstić information content (AvgIpc) is 3.37. The minimum Gasteiger partial charge on any atom is -0.497 e. The van der Waals surface area contributed by atoms with Gasteiger partial charge in [0, 0.05) is 29.1 Å². The summed E-state index contributed by atoms with van der Waals surface area (Å²) in [7, 11) is 1.56. The first-order valence-corrected chi connectivity index (χ1v) is 9.98. The highest BCUT2D eigenvalue weighted by molar-refractivity contribution is 7.14. The second kappa shape index (κ2) is 8.40. The Kier molecular flexibility index (Phi) is 5.50. The van der Waals surface area contributed by atoms with Crippen molar-refractivity contribution in [2.45, 2.75) is 13.0 Å². The van der Waals surface area contributed by atoms with E-state index in [-0.39, 0.29) is 11.6 Å². The van der Waals surface area contributed by atoms with Crippen molar-refractivity contribution in [3.63, 3.8) is 0 Å². The van der Waals surface area contributed by atoms with Gasteiger partial charge >= 0.3 is 0 Å². The minimum atomic E-state index is -0.851. The number of hydrazone groups is 1. The molecule has 31 heavy (non-hydrogen) atoms. The number of methoxy groups -OCH3 is 1. The predicted octanol–water partition coefficient (Wildman–Crippen LogP) is 4.60.